The molecule has 1 N–H and O–H groups in total. The summed E-state index contributed by atoms with van der Waals surface area (Å²) < 4.78 is 9.65. The average Bonchev–Trinajstić information content (AvgIpc) is 3.42. The number of fused-ring (bicyclic) bond motifs is 2. The van der Waals surface area contributed by atoms with Crippen molar-refractivity contribution in [2.75, 3.05) is 5.32 Å². The molecular weight excluding hydrogens is 388 g/mol. The van der Waals surface area contributed by atoms with Crippen molar-refractivity contribution in [2.24, 2.45) is 7.05 Å². The molecule has 0 aliphatic heterocycles. The van der Waals surface area contributed by atoms with Gasteiger partial charge < -0.3 is 14.3 Å². The summed E-state index contributed by atoms with van der Waals surface area (Å²) in [7, 11) is 2.01. The number of anilines is 1. The Morgan fingerprint density at radius 3 is 2.86 bits per heavy atom. The van der Waals surface area contributed by atoms with Crippen molar-refractivity contribution in [2.45, 2.75) is 6.92 Å². The van der Waals surface area contributed by atoms with E-state index in [2.05, 4.69) is 14.9 Å². The number of furan rings is 1. The number of aryl methyl sites for hydroxylation is 2. The first-order valence-corrected chi connectivity index (χ1v) is 9.49. The van der Waals surface area contributed by atoms with E-state index >= 15 is 0 Å². The highest BCUT2D eigenvalue weighted by molar-refractivity contribution is 6.33. The molecule has 0 aliphatic rings. The van der Waals surface area contributed by atoms with Gasteiger partial charge in [-0.2, -0.15) is 0 Å². The van der Waals surface area contributed by atoms with E-state index in [1.807, 2.05) is 44.4 Å². The Morgan fingerprint density at radius 1 is 1.14 bits per heavy atom. The number of amides is 1. The first kappa shape index (κ1) is 17.6. The fraction of sp³-hybridized carbons (Fsp3) is 0.0909. The molecule has 0 fully saturated rings. The Hall–Kier alpha value is -3.51. The molecule has 144 valence electrons. The summed E-state index contributed by atoms with van der Waals surface area (Å²) in [6.07, 6.45) is 3.82. The molecule has 7 heteroatoms. The van der Waals surface area contributed by atoms with Crippen LogP contribution in [0.4, 0.5) is 5.82 Å². The topological polar surface area (TPSA) is 64.5 Å². The number of carbonyl (C=O) groups excluding carboxylic acids is 1. The molecule has 0 saturated heterocycles. The number of benzene rings is 1. The van der Waals surface area contributed by atoms with E-state index in [9.17, 15) is 4.79 Å². The zero-order valence-corrected chi connectivity index (χ0v) is 16.6. The number of pyridine rings is 1. The van der Waals surface area contributed by atoms with Crippen LogP contribution in [-0.2, 0) is 7.05 Å². The van der Waals surface area contributed by atoms with Crippen LogP contribution in [0.5, 0.6) is 0 Å². The predicted octanol–water partition coefficient (Wildman–Crippen LogP) is 5.30. The minimum Gasteiger partial charge on any atom is -0.451 e. The molecule has 0 atom stereocenters. The molecule has 5 aromatic rings. The molecule has 6 nitrogen and oxygen atoms in total. The molecule has 0 saturated carbocycles. The van der Waals surface area contributed by atoms with Crippen LogP contribution in [0.15, 0.2) is 65.3 Å². The molecule has 0 aliphatic carbocycles. The van der Waals surface area contributed by atoms with E-state index in [4.69, 9.17) is 16.0 Å². The summed E-state index contributed by atoms with van der Waals surface area (Å²) in [6, 6.07) is 15.2. The van der Waals surface area contributed by atoms with Crippen LogP contribution < -0.4 is 5.32 Å². The van der Waals surface area contributed by atoms with Gasteiger partial charge in [0.1, 0.15) is 11.6 Å². The third-order valence-electron chi connectivity index (χ3n) is 5.01. The fourth-order valence-corrected chi connectivity index (χ4v) is 3.72. The van der Waals surface area contributed by atoms with Crippen molar-refractivity contribution in [1.82, 2.24) is 14.0 Å². The molecule has 0 unspecified atom stereocenters. The number of halogens is 1. The normalized spacial score (nSPS) is 11.4. The molecule has 4 aromatic heterocycles. The van der Waals surface area contributed by atoms with Crippen LogP contribution in [0.1, 0.15) is 16.2 Å². The lowest BCUT2D eigenvalue weighted by Crippen LogP contribution is -2.13. The molecule has 0 spiro atoms. The van der Waals surface area contributed by atoms with Crippen LogP contribution >= 0.6 is 11.6 Å². The van der Waals surface area contributed by atoms with Crippen LogP contribution in [0.3, 0.4) is 0 Å². The summed E-state index contributed by atoms with van der Waals surface area (Å²) in [5.74, 6) is 1.08. The highest BCUT2D eigenvalue weighted by atomic mass is 35.5. The van der Waals surface area contributed by atoms with Crippen molar-refractivity contribution in [1.29, 1.82) is 0 Å². The van der Waals surface area contributed by atoms with Crippen LogP contribution in [-0.4, -0.2) is 19.9 Å². The minimum absolute atomic E-state index is 0.226. The van der Waals surface area contributed by atoms with Gasteiger partial charge in [-0.05, 0) is 55.5 Å². The van der Waals surface area contributed by atoms with Gasteiger partial charge in [-0.1, -0.05) is 11.6 Å². The van der Waals surface area contributed by atoms with Gasteiger partial charge in [0.05, 0.1) is 10.7 Å². The van der Waals surface area contributed by atoms with E-state index < -0.39 is 0 Å². The van der Waals surface area contributed by atoms with Crippen molar-refractivity contribution < 1.29 is 9.21 Å². The molecule has 1 amide bonds. The van der Waals surface area contributed by atoms with E-state index in [-0.39, 0.29) is 11.7 Å². The fourth-order valence-electron chi connectivity index (χ4n) is 3.52. The van der Waals surface area contributed by atoms with Crippen molar-refractivity contribution in [3.8, 4) is 11.3 Å². The number of imidazole rings is 1. The van der Waals surface area contributed by atoms with Gasteiger partial charge >= 0.3 is 0 Å². The Balaban J connectivity index is 1.45. The van der Waals surface area contributed by atoms with Crippen molar-refractivity contribution >= 4 is 39.9 Å². The molecule has 4 heterocycles. The summed E-state index contributed by atoms with van der Waals surface area (Å²) in [5.41, 5.74) is 3.33. The van der Waals surface area contributed by atoms with Gasteiger partial charge in [0, 0.05) is 35.9 Å². The first-order chi connectivity index (χ1) is 14.0. The van der Waals surface area contributed by atoms with Crippen molar-refractivity contribution in [3.63, 3.8) is 0 Å². The molecule has 1 aromatic carbocycles. The van der Waals surface area contributed by atoms with E-state index in [1.54, 1.807) is 34.9 Å². The zero-order chi connectivity index (χ0) is 20.1. The summed E-state index contributed by atoms with van der Waals surface area (Å²) in [4.78, 5) is 17.2. The lowest BCUT2D eigenvalue weighted by molar-refractivity contribution is 0.0997. The third-order valence-corrected chi connectivity index (χ3v) is 5.30. The van der Waals surface area contributed by atoms with Crippen molar-refractivity contribution in [3.05, 3.63) is 77.4 Å². The van der Waals surface area contributed by atoms with Crippen LogP contribution in [0, 0.1) is 6.92 Å². The number of nitrogens with one attached hydrogen (secondary N) is 1. The molecule has 0 bridgehead atoms. The monoisotopic (exact) mass is 404 g/mol. The zero-order valence-electron chi connectivity index (χ0n) is 15.8. The molecule has 5 rings (SSSR count). The van der Waals surface area contributed by atoms with Crippen LogP contribution in [0.2, 0.25) is 5.02 Å². The maximum Gasteiger partial charge on any atom is 0.292 e. The van der Waals surface area contributed by atoms with E-state index in [1.165, 1.54) is 0 Å². The minimum atomic E-state index is -0.345. The third kappa shape index (κ3) is 2.89. The molecule has 0 radical (unpaired) electrons. The molecular formula is C22H17ClN4O2. The lowest BCUT2D eigenvalue weighted by Gasteiger charge is -2.05. The highest BCUT2D eigenvalue weighted by Crippen LogP contribution is 2.28. The maximum atomic E-state index is 12.8. The van der Waals surface area contributed by atoms with Gasteiger partial charge in [0.25, 0.3) is 5.91 Å². The number of carbonyl (C=O) groups is 1. The Morgan fingerprint density at radius 2 is 2.00 bits per heavy atom. The number of hydrogen-bond donors (Lipinski definition) is 1. The first-order valence-electron chi connectivity index (χ1n) is 9.11. The number of hydrogen-bond acceptors (Lipinski definition) is 3. The number of aromatic nitrogens is 3. The second-order valence-corrected chi connectivity index (χ2v) is 7.32. The van der Waals surface area contributed by atoms with E-state index in [0.717, 1.165) is 16.5 Å². The maximum absolute atomic E-state index is 12.8. The SMILES string of the molecule is Cc1nc2c(Cl)cccn2c1NC(=O)c1ccc(-c2ccc3c(ccn3C)c2)o1. The van der Waals surface area contributed by atoms with E-state index in [0.29, 0.717) is 27.9 Å². The number of rotatable bonds is 3. The van der Waals surface area contributed by atoms with Gasteiger partial charge in [0.15, 0.2) is 11.4 Å². The Bertz CT molecular complexity index is 1390. The second-order valence-electron chi connectivity index (χ2n) is 6.91. The number of nitrogens with zero attached hydrogens (tertiary/aromatic N) is 3. The summed E-state index contributed by atoms with van der Waals surface area (Å²) in [6.45, 7) is 1.82. The van der Waals surface area contributed by atoms with Gasteiger partial charge in [-0.3, -0.25) is 9.20 Å². The van der Waals surface area contributed by atoms with Crippen LogP contribution in [0.25, 0.3) is 27.9 Å². The standard InChI is InChI=1S/C22H17ClN4O2/c1-13-20(27-10-3-4-16(23)21(27)24-13)25-22(28)19-8-7-18(29-19)15-5-6-17-14(12-15)9-11-26(17)2/h3-12H,1-2H3,(H,25,28). The predicted molar refractivity (Wildman–Crippen MR) is 114 cm³/mol. The Labute approximate surface area is 171 Å². The van der Waals surface area contributed by atoms with Gasteiger partial charge in [-0.25, -0.2) is 4.98 Å². The lowest BCUT2D eigenvalue weighted by atomic mass is 10.1. The Kier molecular flexibility index (Phi) is 3.96. The molecule has 29 heavy (non-hydrogen) atoms. The summed E-state index contributed by atoms with van der Waals surface area (Å²) >= 11 is 6.19. The summed E-state index contributed by atoms with van der Waals surface area (Å²) in [5, 5.41) is 4.52. The highest BCUT2D eigenvalue weighted by Gasteiger charge is 2.17. The second kappa shape index (κ2) is 6.53. The largest absolute Gasteiger partial charge is 0.451 e. The van der Waals surface area contributed by atoms with Gasteiger partial charge in [0.2, 0.25) is 0 Å². The smallest absolute Gasteiger partial charge is 0.292 e. The van der Waals surface area contributed by atoms with Gasteiger partial charge in [-0.15, -0.1) is 0 Å². The average molecular weight is 405 g/mol. The quantitative estimate of drug-likeness (QED) is 0.443.